The molecule has 0 saturated carbocycles. The van der Waals surface area contributed by atoms with Crippen molar-refractivity contribution in [2.45, 2.75) is 6.92 Å². The zero-order chi connectivity index (χ0) is 10.6. The van der Waals surface area contributed by atoms with Crippen molar-refractivity contribution in [1.82, 2.24) is 0 Å². The number of primary amides is 1. The van der Waals surface area contributed by atoms with Crippen LogP contribution in [0.3, 0.4) is 0 Å². The molecule has 0 spiro atoms. The molecule has 0 aliphatic carbocycles. The van der Waals surface area contributed by atoms with Crippen molar-refractivity contribution in [2.24, 2.45) is 5.73 Å². The fourth-order valence-electron chi connectivity index (χ4n) is 1.24. The normalized spacial score (nSPS) is 9.14. The van der Waals surface area contributed by atoms with Gasteiger partial charge in [0.15, 0.2) is 0 Å². The smallest absolute Gasteiger partial charge is 0.249 e. The van der Waals surface area contributed by atoms with Crippen LogP contribution < -0.4 is 11.1 Å². The van der Waals surface area contributed by atoms with Crippen LogP contribution in [0.2, 0.25) is 0 Å². The average molecular weight is 188 g/mol. The third-order valence-electron chi connectivity index (χ3n) is 1.98. The van der Waals surface area contributed by atoms with Crippen LogP contribution >= 0.6 is 0 Å². The number of carbonyl (C=O) groups excluding carboxylic acids is 1. The minimum absolute atomic E-state index is 0.424. The average Bonchev–Trinajstić information content (AvgIpc) is 2.16. The summed E-state index contributed by atoms with van der Waals surface area (Å²) in [7, 11) is 0. The Morgan fingerprint density at radius 3 is 2.93 bits per heavy atom. The van der Waals surface area contributed by atoms with Gasteiger partial charge in [0, 0.05) is 11.3 Å². The molecule has 0 radical (unpaired) electrons. The topological polar surface area (TPSA) is 55.1 Å². The molecule has 0 bridgehead atoms. The third kappa shape index (κ3) is 2.05. The minimum atomic E-state index is -0.424. The second-order valence-corrected chi connectivity index (χ2v) is 2.90. The maximum Gasteiger partial charge on any atom is 0.249 e. The predicted molar refractivity (Wildman–Crippen MR) is 57.0 cm³/mol. The Morgan fingerprint density at radius 1 is 1.64 bits per heavy atom. The van der Waals surface area contributed by atoms with Crippen LogP contribution in [0.25, 0.3) is 0 Å². The van der Waals surface area contributed by atoms with Crippen molar-refractivity contribution in [3.63, 3.8) is 0 Å². The van der Waals surface area contributed by atoms with Gasteiger partial charge in [-0.3, -0.25) is 4.79 Å². The van der Waals surface area contributed by atoms with Gasteiger partial charge in [0.05, 0.1) is 6.54 Å². The number of hydrogen-bond acceptors (Lipinski definition) is 2. The Kier molecular flexibility index (Phi) is 3.14. The fraction of sp³-hybridized carbons (Fsp3) is 0.182. The largest absolute Gasteiger partial charge is 0.374 e. The molecule has 0 aliphatic rings. The highest BCUT2D eigenvalue weighted by Gasteiger charge is 2.06. The lowest BCUT2D eigenvalue weighted by Crippen LogP contribution is -2.13. The van der Waals surface area contributed by atoms with Crippen LogP contribution in [0.5, 0.6) is 0 Å². The van der Waals surface area contributed by atoms with E-state index in [0.717, 1.165) is 11.3 Å². The van der Waals surface area contributed by atoms with Crippen LogP contribution in [0, 0.1) is 19.3 Å². The monoisotopic (exact) mass is 188 g/mol. The number of nitrogens with one attached hydrogen (secondary N) is 1. The number of amides is 1. The highest BCUT2D eigenvalue weighted by atomic mass is 16.1. The lowest BCUT2D eigenvalue weighted by molar-refractivity contribution is 0.1000. The number of terminal acetylenes is 1. The summed E-state index contributed by atoms with van der Waals surface area (Å²) in [5.41, 5.74) is 7.40. The maximum atomic E-state index is 11.0. The van der Waals surface area contributed by atoms with Crippen molar-refractivity contribution >= 4 is 11.6 Å². The quantitative estimate of drug-likeness (QED) is 0.699. The second-order valence-electron chi connectivity index (χ2n) is 2.90. The minimum Gasteiger partial charge on any atom is -0.374 e. The molecule has 1 aromatic rings. The standard InChI is InChI=1S/C11H12N2O/c1-3-7-13-10-6-4-5-9(8(10)2)11(12)14/h1,4-6,13H,7H2,2H3,(H2,12,14). The summed E-state index contributed by atoms with van der Waals surface area (Å²) in [5, 5.41) is 3.01. The Balaban J connectivity index is 3.02. The van der Waals surface area contributed by atoms with Gasteiger partial charge in [-0.15, -0.1) is 6.42 Å². The van der Waals surface area contributed by atoms with Crippen molar-refractivity contribution in [3.05, 3.63) is 29.3 Å². The molecule has 0 unspecified atom stereocenters. The van der Waals surface area contributed by atoms with E-state index in [2.05, 4.69) is 11.2 Å². The van der Waals surface area contributed by atoms with Gasteiger partial charge in [0.1, 0.15) is 0 Å². The van der Waals surface area contributed by atoms with E-state index in [1.54, 1.807) is 12.1 Å². The van der Waals surface area contributed by atoms with Crippen LogP contribution in [-0.4, -0.2) is 12.5 Å². The van der Waals surface area contributed by atoms with Gasteiger partial charge in [0.2, 0.25) is 5.91 Å². The molecule has 0 atom stereocenters. The summed E-state index contributed by atoms with van der Waals surface area (Å²) in [6, 6.07) is 5.32. The molecule has 3 heteroatoms. The third-order valence-corrected chi connectivity index (χ3v) is 1.98. The Hall–Kier alpha value is -1.95. The lowest BCUT2D eigenvalue weighted by atomic mass is 10.1. The summed E-state index contributed by atoms with van der Waals surface area (Å²) in [6.07, 6.45) is 5.12. The molecular formula is C11H12N2O. The highest BCUT2D eigenvalue weighted by Crippen LogP contribution is 2.17. The van der Waals surface area contributed by atoms with E-state index >= 15 is 0 Å². The second kappa shape index (κ2) is 4.33. The number of rotatable bonds is 3. The van der Waals surface area contributed by atoms with Crippen molar-refractivity contribution in [2.75, 3.05) is 11.9 Å². The van der Waals surface area contributed by atoms with Gasteiger partial charge < -0.3 is 11.1 Å². The molecule has 14 heavy (non-hydrogen) atoms. The van der Waals surface area contributed by atoms with E-state index in [1.807, 2.05) is 13.0 Å². The number of carbonyl (C=O) groups is 1. The van der Waals surface area contributed by atoms with E-state index in [9.17, 15) is 4.79 Å². The Labute approximate surface area is 83.3 Å². The zero-order valence-corrected chi connectivity index (χ0v) is 8.00. The van der Waals surface area contributed by atoms with Crippen LogP contribution in [0.4, 0.5) is 5.69 Å². The van der Waals surface area contributed by atoms with Gasteiger partial charge >= 0.3 is 0 Å². The lowest BCUT2D eigenvalue weighted by Gasteiger charge is -2.09. The van der Waals surface area contributed by atoms with Gasteiger partial charge in [-0.1, -0.05) is 12.0 Å². The number of benzene rings is 1. The van der Waals surface area contributed by atoms with Crippen molar-refractivity contribution in [3.8, 4) is 12.3 Å². The molecular weight excluding hydrogens is 176 g/mol. The number of nitrogens with two attached hydrogens (primary N) is 1. The first-order valence-corrected chi connectivity index (χ1v) is 4.23. The van der Waals surface area contributed by atoms with Gasteiger partial charge in [-0.25, -0.2) is 0 Å². The van der Waals surface area contributed by atoms with Crippen molar-refractivity contribution in [1.29, 1.82) is 0 Å². The molecule has 0 heterocycles. The molecule has 0 saturated heterocycles. The van der Waals surface area contributed by atoms with E-state index in [-0.39, 0.29) is 0 Å². The SMILES string of the molecule is C#CCNc1cccc(C(N)=O)c1C. The Morgan fingerprint density at radius 2 is 2.36 bits per heavy atom. The molecule has 0 aliphatic heterocycles. The maximum absolute atomic E-state index is 11.0. The highest BCUT2D eigenvalue weighted by molar-refractivity contribution is 5.95. The zero-order valence-electron chi connectivity index (χ0n) is 8.00. The van der Waals surface area contributed by atoms with Crippen LogP contribution in [0.1, 0.15) is 15.9 Å². The van der Waals surface area contributed by atoms with Crippen molar-refractivity contribution < 1.29 is 4.79 Å². The first-order valence-electron chi connectivity index (χ1n) is 4.23. The summed E-state index contributed by atoms with van der Waals surface area (Å²) in [5.74, 6) is 2.04. The summed E-state index contributed by atoms with van der Waals surface area (Å²) in [6.45, 7) is 2.27. The summed E-state index contributed by atoms with van der Waals surface area (Å²) >= 11 is 0. The summed E-state index contributed by atoms with van der Waals surface area (Å²) in [4.78, 5) is 11.0. The molecule has 0 aromatic heterocycles. The van der Waals surface area contributed by atoms with Gasteiger partial charge in [-0.2, -0.15) is 0 Å². The molecule has 1 aromatic carbocycles. The summed E-state index contributed by atoms with van der Waals surface area (Å²) < 4.78 is 0. The van der Waals surface area contributed by atoms with E-state index < -0.39 is 5.91 Å². The first kappa shape index (κ1) is 10.1. The van der Waals surface area contributed by atoms with Gasteiger partial charge in [0.25, 0.3) is 0 Å². The Bertz CT molecular complexity index is 391. The first-order chi connectivity index (χ1) is 6.66. The van der Waals surface area contributed by atoms with Crippen LogP contribution in [-0.2, 0) is 0 Å². The molecule has 72 valence electrons. The van der Waals surface area contributed by atoms with Gasteiger partial charge in [-0.05, 0) is 24.6 Å². The van der Waals surface area contributed by atoms with E-state index in [4.69, 9.17) is 12.2 Å². The molecule has 1 rings (SSSR count). The van der Waals surface area contributed by atoms with Crippen LogP contribution in [0.15, 0.2) is 18.2 Å². The van der Waals surface area contributed by atoms with E-state index in [1.165, 1.54) is 0 Å². The molecule has 0 fully saturated rings. The predicted octanol–water partition coefficient (Wildman–Crippen LogP) is 1.14. The fourth-order valence-corrected chi connectivity index (χ4v) is 1.24. The molecule has 3 nitrogen and oxygen atoms in total. The molecule has 3 N–H and O–H groups in total. The van der Waals surface area contributed by atoms with E-state index in [0.29, 0.717) is 12.1 Å². The number of anilines is 1. The number of hydrogen-bond donors (Lipinski definition) is 2. The molecule has 1 amide bonds.